The van der Waals surface area contributed by atoms with Crippen molar-refractivity contribution >= 4 is 60.8 Å². The van der Waals surface area contributed by atoms with Crippen LogP contribution in [0.25, 0.3) is 66.5 Å². The van der Waals surface area contributed by atoms with Crippen molar-refractivity contribution in [1.82, 2.24) is 9.13 Å². The number of benzene rings is 7. The minimum absolute atomic E-state index is 0.157. The van der Waals surface area contributed by atoms with E-state index in [-0.39, 0.29) is 17.3 Å². The Kier molecular flexibility index (Phi) is 6.03. The zero-order valence-electron chi connectivity index (χ0n) is 36.6. The van der Waals surface area contributed by atoms with Crippen molar-refractivity contribution in [2.24, 2.45) is 0 Å². The zero-order chi connectivity index (χ0) is 42.8. The molecule has 9 heterocycles. The molecule has 0 saturated carbocycles. The van der Waals surface area contributed by atoms with E-state index in [0.29, 0.717) is 0 Å². The lowest BCUT2D eigenvalue weighted by atomic mass is 9.69. The first kappa shape index (κ1) is 34.7. The molecule has 0 saturated heterocycles. The van der Waals surface area contributed by atoms with Crippen molar-refractivity contribution in [3.63, 3.8) is 0 Å². The van der Waals surface area contributed by atoms with E-state index < -0.39 is 5.66 Å². The maximum Gasteiger partial charge on any atom is 0.319 e. The first-order valence-corrected chi connectivity index (χ1v) is 23.3. The smallest absolute Gasteiger partial charge is 0.308 e. The molecule has 7 aromatic carbocycles. The summed E-state index contributed by atoms with van der Waals surface area (Å²) in [5.74, 6) is 2.74. The third-order valence-electron chi connectivity index (χ3n) is 16.5. The summed E-state index contributed by atoms with van der Waals surface area (Å²) in [7, 11) is 0. The molecule has 3 unspecified atom stereocenters. The molecule has 0 fully saturated rings. The molecule has 0 bridgehead atoms. The Morgan fingerprint density at radius 1 is 0.431 bits per heavy atom. The van der Waals surface area contributed by atoms with Crippen molar-refractivity contribution in [2.75, 3.05) is 4.90 Å². The highest BCUT2D eigenvalue weighted by atomic mass is 15.5. The number of anilines is 3. The average molecular weight is 834 g/mol. The number of para-hydroxylation sites is 3. The van der Waals surface area contributed by atoms with Crippen molar-refractivity contribution in [1.29, 1.82) is 0 Å². The van der Waals surface area contributed by atoms with Crippen molar-refractivity contribution in [3.05, 3.63) is 220 Å². The second-order valence-corrected chi connectivity index (χ2v) is 19.8. The van der Waals surface area contributed by atoms with Crippen LogP contribution in [0.1, 0.15) is 84.0 Å². The fourth-order valence-corrected chi connectivity index (χ4v) is 13.6. The third-order valence-corrected chi connectivity index (χ3v) is 16.5. The molecule has 4 aromatic heterocycles. The van der Waals surface area contributed by atoms with Gasteiger partial charge in [0.05, 0.1) is 16.7 Å². The predicted molar refractivity (Wildman–Crippen MR) is 261 cm³/mol. The van der Waals surface area contributed by atoms with Crippen LogP contribution in [0, 0.1) is 0 Å². The lowest BCUT2D eigenvalue weighted by molar-refractivity contribution is -0.931. The molecule has 65 heavy (non-hydrogen) atoms. The summed E-state index contributed by atoms with van der Waals surface area (Å²) in [5, 5.41) is 5.19. The second-order valence-electron chi connectivity index (χ2n) is 19.8. The van der Waals surface area contributed by atoms with E-state index in [9.17, 15) is 0 Å². The Balaban J connectivity index is 1.19. The second kappa shape index (κ2) is 11.3. The number of aromatic nitrogens is 4. The van der Waals surface area contributed by atoms with Gasteiger partial charge in [-0.25, -0.2) is 0 Å². The zero-order valence-corrected chi connectivity index (χ0v) is 36.6. The topological polar surface area (TPSA) is 20.9 Å². The van der Waals surface area contributed by atoms with Gasteiger partial charge in [-0.3, -0.25) is 0 Å². The molecular weight excluding hydrogens is 791 g/mol. The Morgan fingerprint density at radius 2 is 0.969 bits per heavy atom. The minimum atomic E-state index is -0.746. The van der Waals surface area contributed by atoms with E-state index in [4.69, 9.17) is 0 Å². The number of hydrogen-bond donors (Lipinski definition) is 0. The maximum atomic E-state index is 2.80. The van der Waals surface area contributed by atoms with Crippen molar-refractivity contribution in [2.45, 2.75) is 50.6 Å². The fourth-order valence-electron chi connectivity index (χ4n) is 13.6. The molecule has 5 aliphatic rings. The van der Waals surface area contributed by atoms with Crippen LogP contribution in [0.4, 0.5) is 17.2 Å². The van der Waals surface area contributed by atoms with E-state index in [0.717, 1.165) is 0 Å². The highest BCUT2D eigenvalue weighted by Gasteiger charge is 2.71. The quantitative estimate of drug-likeness (QED) is 0.162. The lowest BCUT2D eigenvalue weighted by Crippen LogP contribution is -2.76. The largest absolute Gasteiger partial charge is 0.319 e. The van der Waals surface area contributed by atoms with Crippen molar-refractivity contribution < 1.29 is 9.13 Å². The van der Waals surface area contributed by atoms with Crippen LogP contribution in [0.2, 0.25) is 0 Å². The monoisotopic (exact) mass is 833 g/mol. The number of pyridine rings is 2. The van der Waals surface area contributed by atoms with Crippen molar-refractivity contribution in [3.8, 4) is 22.9 Å². The van der Waals surface area contributed by atoms with Gasteiger partial charge >= 0.3 is 5.66 Å². The predicted octanol–water partition coefficient (Wildman–Crippen LogP) is 13.1. The van der Waals surface area contributed by atoms with Gasteiger partial charge in [-0.1, -0.05) is 143 Å². The maximum absolute atomic E-state index is 2.80. The summed E-state index contributed by atoms with van der Waals surface area (Å²) in [6.07, 6.45) is 0. The summed E-state index contributed by atoms with van der Waals surface area (Å²) in [6, 6.07) is 67.3. The van der Waals surface area contributed by atoms with Crippen LogP contribution in [-0.4, -0.2) is 9.13 Å². The summed E-state index contributed by atoms with van der Waals surface area (Å²) >= 11 is 0. The van der Waals surface area contributed by atoms with Crippen LogP contribution in [0.15, 0.2) is 176 Å². The number of rotatable bonds is 4. The molecule has 5 nitrogen and oxygen atoms in total. The summed E-state index contributed by atoms with van der Waals surface area (Å²) in [6.45, 7) is 9.66. The molecule has 5 heteroatoms. The number of nitrogens with zero attached hydrogens (tertiary/aromatic N) is 5. The number of hydrogen-bond acceptors (Lipinski definition) is 1. The lowest BCUT2D eigenvalue weighted by Gasteiger charge is -2.46. The van der Waals surface area contributed by atoms with Crippen LogP contribution in [0.3, 0.4) is 0 Å². The van der Waals surface area contributed by atoms with Crippen LogP contribution in [0.5, 0.6) is 0 Å². The SMILES string of the molecule is CC(c1ccccc1)c1cc2[n+]3c(c1)N1c4ccccc4C(C)(C)c4ccc5c(c41)C31c3c4c(cc6c7ccccc7n(c36)-c3cc(C(C)c6ccccc6)cc-2[n+]31)c1ccccc1n4-5. The molecule has 0 N–H and O–H groups in total. The minimum Gasteiger partial charge on any atom is -0.308 e. The normalized spacial score (nSPS) is 17.9. The van der Waals surface area contributed by atoms with Gasteiger partial charge < -0.3 is 4.57 Å². The van der Waals surface area contributed by atoms with E-state index >= 15 is 0 Å². The molecule has 0 aliphatic carbocycles. The molecule has 11 aromatic rings. The average Bonchev–Trinajstić information content (AvgIpc) is 3.98. The summed E-state index contributed by atoms with van der Waals surface area (Å²) in [4.78, 5) is 2.67. The molecule has 306 valence electrons. The first-order chi connectivity index (χ1) is 31.9. The Morgan fingerprint density at radius 3 is 1.63 bits per heavy atom. The summed E-state index contributed by atoms with van der Waals surface area (Å²) in [5.41, 5.74) is 21.1. The van der Waals surface area contributed by atoms with E-state index in [1.165, 1.54) is 128 Å². The highest BCUT2D eigenvalue weighted by molar-refractivity contribution is 6.22. The molecule has 0 radical (unpaired) electrons. The molecule has 1 spiro atoms. The van der Waals surface area contributed by atoms with Crippen LogP contribution < -0.4 is 14.0 Å². The first-order valence-electron chi connectivity index (χ1n) is 23.3. The van der Waals surface area contributed by atoms with Gasteiger partial charge in [-0.05, 0) is 70.8 Å². The van der Waals surface area contributed by atoms with Gasteiger partial charge in [0.1, 0.15) is 22.3 Å². The molecule has 0 amide bonds. The van der Waals surface area contributed by atoms with Gasteiger partial charge in [0.2, 0.25) is 0 Å². The molecule has 3 atom stereocenters. The van der Waals surface area contributed by atoms with Gasteiger partial charge in [0.15, 0.2) is 22.6 Å². The summed E-state index contributed by atoms with van der Waals surface area (Å²) < 4.78 is 10.9. The van der Waals surface area contributed by atoms with E-state index in [1.807, 2.05) is 0 Å². The van der Waals surface area contributed by atoms with Gasteiger partial charge in [0.25, 0.3) is 11.6 Å². The van der Waals surface area contributed by atoms with Gasteiger partial charge in [-0.2, -0.15) is 18.6 Å². The van der Waals surface area contributed by atoms with E-state index in [2.05, 4.69) is 227 Å². The van der Waals surface area contributed by atoms with Gasteiger partial charge in [0, 0.05) is 62.1 Å². The third kappa shape index (κ3) is 3.74. The van der Waals surface area contributed by atoms with Crippen LogP contribution in [-0.2, 0) is 11.1 Å². The fraction of sp³-hybridized carbons (Fsp3) is 0.133. The molecular formula is C60H43N5+2. The highest BCUT2D eigenvalue weighted by Crippen LogP contribution is 2.64. The molecule has 16 rings (SSSR count). The Bertz CT molecular complexity index is 4020. The molecule has 5 aliphatic heterocycles. The van der Waals surface area contributed by atoms with E-state index in [1.54, 1.807) is 0 Å². The standard InChI is InChI=1S/C60H43N5/c1-34(36-17-7-5-8-18-36)38-29-50-51-30-39(35(2)37-19-9-6-10-20-37)32-53-63-48-26-16-13-23-44(48)59(3,4)45-27-28-49-54(58(45)63)60(65(51)53)55-56-42(40-21-11-14-24-46(40)61(49)56)33-43-41-22-12-15-25-47(41)62(57(43)55)52(31-38)64(50)60/h5-35H,1-4H3/q+2. The van der Waals surface area contributed by atoms with Gasteiger partial charge in [-0.15, -0.1) is 0 Å². The Hall–Kier alpha value is -7.76. The Labute approximate surface area is 376 Å². The van der Waals surface area contributed by atoms with Crippen LogP contribution >= 0.6 is 0 Å². The number of fused-ring (bicyclic) bond motifs is 12.